The lowest BCUT2D eigenvalue weighted by Gasteiger charge is -2.07. The van der Waals surface area contributed by atoms with Crippen molar-refractivity contribution in [3.05, 3.63) is 33.9 Å². The molecule has 90 valence electrons. The Morgan fingerprint density at radius 3 is 3.00 bits per heavy atom. The minimum absolute atomic E-state index is 0.400. The van der Waals surface area contributed by atoms with Gasteiger partial charge in [-0.05, 0) is 28.4 Å². The van der Waals surface area contributed by atoms with E-state index >= 15 is 0 Å². The van der Waals surface area contributed by atoms with Gasteiger partial charge >= 0.3 is 0 Å². The molecule has 17 heavy (non-hydrogen) atoms. The largest absolute Gasteiger partial charge is 0.367 e. The van der Waals surface area contributed by atoms with E-state index in [1.165, 1.54) is 6.33 Å². The van der Waals surface area contributed by atoms with Gasteiger partial charge in [0, 0.05) is 12.7 Å². The Kier molecular flexibility index (Phi) is 3.96. The summed E-state index contributed by atoms with van der Waals surface area (Å²) in [5.74, 6) is 0.689. The third kappa shape index (κ3) is 3.17. The van der Waals surface area contributed by atoms with Crippen molar-refractivity contribution < 1.29 is 0 Å². The third-order valence-electron chi connectivity index (χ3n) is 2.14. The summed E-state index contributed by atoms with van der Waals surface area (Å²) in [5, 5.41) is 7.76. The van der Waals surface area contributed by atoms with Gasteiger partial charge in [-0.25, -0.2) is 9.97 Å². The maximum Gasteiger partial charge on any atom is 0.148 e. The molecule has 0 saturated heterocycles. The Bertz CT molecular complexity index is 513. The first-order chi connectivity index (χ1) is 8.16. The van der Waals surface area contributed by atoms with Gasteiger partial charge in [-0.3, -0.25) is 4.68 Å². The maximum absolute atomic E-state index is 5.86. The van der Waals surface area contributed by atoms with Gasteiger partial charge in [0.05, 0.1) is 17.2 Å². The molecule has 2 aromatic heterocycles. The summed E-state index contributed by atoms with van der Waals surface area (Å²) in [6.45, 7) is 3.49. The monoisotopic (exact) mass is 315 g/mol. The first kappa shape index (κ1) is 12.3. The smallest absolute Gasteiger partial charge is 0.148 e. The summed E-state index contributed by atoms with van der Waals surface area (Å²) in [7, 11) is 0. The lowest BCUT2D eigenvalue weighted by atomic mass is 10.4. The van der Waals surface area contributed by atoms with Gasteiger partial charge in [0.2, 0.25) is 0 Å². The molecule has 0 spiro atoms. The number of anilines is 1. The highest BCUT2D eigenvalue weighted by Gasteiger charge is 2.05. The van der Waals surface area contributed by atoms with Crippen molar-refractivity contribution >= 4 is 33.3 Å². The van der Waals surface area contributed by atoms with Gasteiger partial charge in [-0.15, -0.1) is 0 Å². The van der Waals surface area contributed by atoms with Crippen molar-refractivity contribution in [2.45, 2.75) is 13.5 Å². The summed E-state index contributed by atoms with van der Waals surface area (Å²) in [5.41, 5.74) is 1.15. The van der Waals surface area contributed by atoms with Crippen LogP contribution in [0.1, 0.15) is 5.56 Å². The first-order valence-electron chi connectivity index (χ1n) is 5.06. The molecule has 0 saturated carbocycles. The first-order valence-corrected chi connectivity index (χ1v) is 6.23. The highest BCUT2D eigenvalue weighted by Crippen LogP contribution is 2.25. The van der Waals surface area contributed by atoms with Crippen LogP contribution in [0.3, 0.4) is 0 Å². The Balaban J connectivity index is 1.92. The van der Waals surface area contributed by atoms with Crippen molar-refractivity contribution in [2.24, 2.45) is 0 Å². The molecular formula is C10H11BrClN5. The molecule has 0 amide bonds. The summed E-state index contributed by atoms with van der Waals surface area (Å²) in [4.78, 5) is 7.95. The summed E-state index contributed by atoms with van der Waals surface area (Å²) < 4.78 is 2.55. The highest BCUT2D eigenvalue weighted by molar-refractivity contribution is 9.10. The van der Waals surface area contributed by atoms with E-state index in [4.69, 9.17) is 11.6 Å². The zero-order valence-corrected chi connectivity index (χ0v) is 11.5. The molecule has 1 N–H and O–H groups in total. The van der Waals surface area contributed by atoms with Crippen LogP contribution in [-0.4, -0.2) is 26.3 Å². The molecular weight excluding hydrogens is 306 g/mol. The lowest BCUT2D eigenvalue weighted by Crippen LogP contribution is -2.12. The number of halogens is 2. The number of hydrogen-bond donors (Lipinski definition) is 1. The van der Waals surface area contributed by atoms with Crippen LogP contribution in [0.15, 0.2) is 23.2 Å². The van der Waals surface area contributed by atoms with E-state index in [0.717, 1.165) is 12.1 Å². The maximum atomic E-state index is 5.86. The van der Waals surface area contributed by atoms with Crippen LogP contribution in [0.5, 0.6) is 0 Å². The van der Waals surface area contributed by atoms with Crippen LogP contribution in [0.2, 0.25) is 5.15 Å². The standard InChI is InChI=1S/C10H11BrClN5/c1-7-4-16-17(5-7)3-2-13-10-8(11)9(12)14-6-15-10/h4-6H,2-3H2,1H3,(H,13,14,15). The third-order valence-corrected chi connectivity index (χ3v) is 3.41. The van der Waals surface area contributed by atoms with Gasteiger partial charge in [0.25, 0.3) is 0 Å². The second kappa shape index (κ2) is 5.46. The molecule has 0 aliphatic carbocycles. The Morgan fingerprint density at radius 2 is 2.29 bits per heavy atom. The van der Waals surface area contributed by atoms with E-state index in [-0.39, 0.29) is 0 Å². The number of aryl methyl sites for hydroxylation is 1. The summed E-state index contributed by atoms with van der Waals surface area (Å²) in [6.07, 6.45) is 5.24. The predicted molar refractivity (Wildman–Crippen MR) is 70.2 cm³/mol. The van der Waals surface area contributed by atoms with Crippen LogP contribution in [-0.2, 0) is 6.54 Å². The SMILES string of the molecule is Cc1cnn(CCNc2ncnc(Cl)c2Br)c1. The van der Waals surface area contributed by atoms with Gasteiger partial charge in [-0.2, -0.15) is 5.10 Å². The molecule has 0 atom stereocenters. The average molecular weight is 317 g/mol. The van der Waals surface area contributed by atoms with E-state index in [9.17, 15) is 0 Å². The van der Waals surface area contributed by atoms with E-state index in [1.807, 2.05) is 24.0 Å². The predicted octanol–water partition coefficient (Wildman–Crippen LogP) is 2.51. The van der Waals surface area contributed by atoms with Crippen molar-refractivity contribution in [3.8, 4) is 0 Å². The average Bonchev–Trinajstić information content (AvgIpc) is 2.70. The zero-order chi connectivity index (χ0) is 12.3. The molecule has 0 unspecified atom stereocenters. The van der Waals surface area contributed by atoms with Gasteiger partial charge in [0.15, 0.2) is 0 Å². The molecule has 0 aromatic carbocycles. The molecule has 5 nitrogen and oxygen atoms in total. The van der Waals surface area contributed by atoms with Gasteiger partial charge in [-0.1, -0.05) is 11.6 Å². The minimum Gasteiger partial charge on any atom is -0.367 e. The molecule has 0 fully saturated rings. The Hall–Kier alpha value is -1.14. The van der Waals surface area contributed by atoms with Crippen molar-refractivity contribution in [3.63, 3.8) is 0 Å². The summed E-state index contributed by atoms with van der Waals surface area (Å²) >= 11 is 9.19. The minimum atomic E-state index is 0.400. The fourth-order valence-corrected chi connectivity index (χ4v) is 1.83. The van der Waals surface area contributed by atoms with Crippen molar-refractivity contribution in [1.29, 1.82) is 0 Å². The number of aromatic nitrogens is 4. The molecule has 2 aromatic rings. The van der Waals surface area contributed by atoms with Gasteiger partial charge < -0.3 is 5.32 Å². The molecule has 2 rings (SSSR count). The number of nitrogens with zero attached hydrogens (tertiary/aromatic N) is 4. The van der Waals surface area contributed by atoms with Crippen molar-refractivity contribution in [2.75, 3.05) is 11.9 Å². The van der Waals surface area contributed by atoms with Crippen LogP contribution >= 0.6 is 27.5 Å². The number of rotatable bonds is 4. The Labute approximate surface area is 112 Å². The number of hydrogen-bond acceptors (Lipinski definition) is 4. The lowest BCUT2D eigenvalue weighted by molar-refractivity contribution is 0.636. The van der Waals surface area contributed by atoms with Crippen LogP contribution in [0, 0.1) is 6.92 Å². The van der Waals surface area contributed by atoms with Crippen LogP contribution < -0.4 is 5.32 Å². The Morgan fingerprint density at radius 1 is 1.47 bits per heavy atom. The second-order valence-corrected chi connectivity index (χ2v) is 4.69. The van der Waals surface area contributed by atoms with Crippen LogP contribution in [0.4, 0.5) is 5.82 Å². The topological polar surface area (TPSA) is 55.6 Å². The number of nitrogens with one attached hydrogen (secondary N) is 1. The van der Waals surface area contributed by atoms with E-state index in [1.54, 1.807) is 0 Å². The zero-order valence-electron chi connectivity index (χ0n) is 9.19. The highest BCUT2D eigenvalue weighted by atomic mass is 79.9. The molecule has 0 aliphatic heterocycles. The van der Waals surface area contributed by atoms with E-state index in [0.29, 0.717) is 22.0 Å². The molecule has 0 bridgehead atoms. The molecule has 0 radical (unpaired) electrons. The van der Waals surface area contributed by atoms with E-state index < -0.39 is 0 Å². The quantitative estimate of drug-likeness (QED) is 0.881. The summed E-state index contributed by atoms with van der Waals surface area (Å²) in [6, 6.07) is 0. The molecule has 0 aliphatic rings. The molecule has 7 heteroatoms. The fraction of sp³-hybridized carbons (Fsp3) is 0.300. The fourth-order valence-electron chi connectivity index (χ4n) is 1.35. The van der Waals surface area contributed by atoms with E-state index in [2.05, 4.69) is 36.3 Å². The molecule has 2 heterocycles. The second-order valence-electron chi connectivity index (χ2n) is 3.53. The van der Waals surface area contributed by atoms with Crippen molar-refractivity contribution in [1.82, 2.24) is 19.7 Å². The van der Waals surface area contributed by atoms with Gasteiger partial charge in [0.1, 0.15) is 17.3 Å². The normalized spacial score (nSPS) is 10.5. The van der Waals surface area contributed by atoms with Crippen LogP contribution in [0.25, 0.3) is 0 Å².